The van der Waals surface area contributed by atoms with Crippen LogP contribution in [0.15, 0.2) is 189 Å². The van der Waals surface area contributed by atoms with E-state index in [-0.39, 0.29) is 0 Å². The third-order valence-electron chi connectivity index (χ3n) is 10.3. The summed E-state index contributed by atoms with van der Waals surface area (Å²) in [5, 5.41) is 8.95. The van der Waals surface area contributed by atoms with E-state index in [1.54, 1.807) is 0 Å². The van der Waals surface area contributed by atoms with Gasteiger partial charge in [-0.05, 0) is 83.6 Å². The first-order valence-corrected chi connectivity index (χ1v) is 17.5. The molecule has 0 amide bonds. The first-order valence-electron chi connectivity index (χ1n) is 17.5. The van der Waals surface area contributed by atoms with E-state index in [0.29, 0.717) is 0 Å². The van der Waals surface area contributed by atoms with Gasteiger partial charge in [-0.1, -0.05) is 91.0 Å². The van der Waals surface area contributed by atoms with Crippen LogP contribution in [0.4, 0.5) is 17.1 Å². The second kappa shape index (κ2) is 11.2. The van der Waals surface area contributed by atoms with Crippen LogP contribution < -0.4 is 4.90 Å². The minimum atomic E-state index is 0.823. The molecule has 3 aromatic heterocycles. The second-order valence-corrected chi connectivity index (χ2v) is 13.3. The zero-order chi connectivity index (χ0) is 34.2. The quantitative estimate of drug-likeness (QED) is 0.183. The van der Waals surface area contributed by atoms with Crippen LogP contribution in [-0.2, 0) is 0 Å². The summed E-state index contributed by atoms with van der Waals surface area (Å²) in [6.07, 6.45) is 0. The van der Waals surface area contributed by atoms with Crippen LogP contribution >= 0.6 is 0 Å². The standard InChI is InChI=1S/C48H29NO3/c1-2-10-32(11-3-1)43-26-27-44(50-43)33-14-18-34(19-15-33)49(35-20-24-39-41-22-16-30-8-4-6-12-37(30)47(41)51-45(39)28-35)36-21-25-40-42-23-17-31-9-5-7-13-38(31)48(42)52-46(40)29-36/h1-29H. The van der Waals surface area contributed by atoms with Crippen molar-refractivity contribution >= 4 is 82.5 Å². The molecule has 4 nitrogen and oxygen atoms in total. The Kier molecular flexibility index (Phi) is 6.22. The number of rotatable bonds is 5. The van der Waals surface area contributed by atoms with E-state index in [1.165, 1.54) is 0 Å². The van der Waals surface area contributed by atoms with Gasteiger partial charge in [-0.2, -0.15) is 0 Å². The molecule has 0 fully saturated rings. The normalized spacial score (nSPS) is 11.8. The highest BCUT2D eigenvalue weighted by Gasteiger charge is 2.19. The average molecular weight is 668 g/mol. The van der Waals surface area contributed by atoms with E-state index in [1.807, 2.05) is 30.3 Å². The van der Waals surface area contributed by atoms with Crippen LogP contribution in [-0.4, -0.2) is 0 Å². The lowest BCUT2D eigenvalue weighted by molar-refractivity contribution is 0.597. The molecular weight excluding hydrogens is 639 g/mol. The molecule has 8 aromatic carbocycles. The Hall–Kier alpha value is -7.04. The third-order valence-corrected chi connectivity index (χ3v) is 10.3. The van der Waals surface area contributed by atoms with Crippen molar-refractivity contribution in [2.45, 2.75) is 0 Å². The monoisotopic (exact) mass is 667 g/mol. The zero-order valence-electron chi connectivity index (χ0n) is 27.9. The molecule has 0 radical (unpaired) electrons. The number of nitrogens with zero attached hydrogens (tertiary/aromatic N) is 1. The Balaban J connectivity index is 1.06. The Morgan fingerprint density at radius 3 is 1.33 bits per heavy atom. The van der Waals surface area contributed by atoms with E-state index in [0.717, 1.165) is 105 Å². The maximum atomic E-state index is 6.64. The van der Waals surface area contributed by atoms with Gasteiger partial charge in [0.05, 0.1) is 0 Å². The number of benzene rings is 8. The predicted molar refractivity (Wildman–Crippen MR) is 214 cm³/mol. The topological polar surface area (TPSA) is 42.7 Å². The summed E-state index contributed by atoms with van der Waals surface area (Å²) in [5.41, 5.74) is 8.51. The van der Waals surface area contributed by atoms with Gasteiger partial charge < -0.3 is 18.2 Å². The van der Waals surface area contributed by atoms with E-state index in [2.05, 4.69) is 150 Å². The van der Waals surface area contributed by atoms with Gasteiger partial charge in [0.25, 0.3) is 0 Å². The van der Waals surface area contributed by atoms with Crippen LogP contribution in [0, 0.1) is 0 Å². The van der Waals surface area contributed by atoms with Crippen molar-refractivity contribution in [3.63, 3.8) is 0 Å². The largest absolute Gasteiger partial charge is 0.456 e. The molecule has 0 spiro atoms. The van der Waals surface area contributed by atoms with Gasteiger partial charge in [0.1, 0.15) is 33.9 Å². The van der Waals surface area contributed by atoms with Crippen LogP contribution in [0.2, 0.25) is 0 Å². The molecular formula is C48H29NO3. The summed E-state index contributed by atoms with van der Waals surface area (Å²) in [6, 6.07) is 61.2. The van der Waals surface area contributed by atoms with Crippen LogP contribution in [0.5, 0.6) is 0 Å². The number of hydrogen-bond acceptors (Lipinski definition) is 4. The predicted octanol–water partition coefficient (Wildman–Crippen LogP) is 14.2. The number of furan rings is 3. The van der Waals surface area contributed by atoms with Crippen molar-refractivity contribution in [1.82, 2.24) is 0 Å². The summed E-state index contributed by atoms with van der Waals surface area (Å²) < 4.78 is 19.6. The first-order chi connectivity index (χ1) is 25.7. The molecule has 11 aromatic rings. The lowest BCUT2D eigenvalue weighted by Gasteiger charge is -2.25. The fourth-order valence-corrected chi connectivity index (χ4v) is 7.74. The molecule has 0 unspecified atom stereocenters. The highest BCUT2D eigenvalue weighted by atomic mass is 16.3. The third kappa shape index (κ3) is 4.48. The average Bonchev–Trinajstić information content (AvgIpc) is 3.94. The fourth-order valence-electron chi connectivity index (χ4n) is 7.74. The van der Waals surface area contributed by atoms with E-state index < -0.39 is 0 Å². The van der Waals surface area contributed by atoms with E-state index in [9.17, 15) is 0 Å². The van der Waals surface area contributed by atoms with Gasteiger partial charge in [0.15, 0.2) is 0 Å². The summed E-state index contributed by atoms with van der Waals surface area (Å²) >= 11 is 0. The van der Waals surface area contributed by atoms with E-state index >= 15 is 0 Å². The summed E-state index contributed by atoms with van der Waals surface area (Å²) in [6.45, 7) is 0. The maximum absolute atomic E-state index is 6.64. The number of fused-ring (bicyclic) bond motifs is 10. The van der Waals surface area contributed by atoms with Crippen molar-refractivity contribution in [2.75, 3.05) is 4.90 Å². The Bertz CT molecular complexity index is 2970. The number of hydrogen-bond donors (Lipinski definition) is 0. The molecule has 0 saturated carbocycles. The van der Waals surface area contributed by atoms with Crippen molar-refractivity contribution in [2.24, 2.45) is 0 Å². The second-order valence-electron chi connectivity index (χ2n) is 13.3. The fraction of sp³-hybridized carbons (Fsp3) is 0. The molecule has 244 valence electrons. The maximum Gasteiger partial charge on any atom is 0.143 e. The lowest BCUT2D eigenvalue weighted by Crippen LogP contribution is -2.09. The highest BCUT2D eigenvalue weighted by molar-refractivity contribution is 6.17. The molecule has 4 heteroatoms. The molecule has 52 heavy (non-hydrogen) atoms. The number of anilines is 3. The summed E-state index contributed by atoms with van der Waals surface area (Å²) in [7, 11) is 0. The zero-order valence-corrected chi connectivity index (χ0v) is 27.9. The minimum absolute atomic E-state index is 0.823. The molecule has 0 saturated heterocycles. The SMILES string of the molecule is c1ccc(-c2ccc(-c3ccc(N(c4ccc5c(c4)oc4c6ccccc6ccc54)c4ccc5c(c4)oc4c6ccccc6ccc54)cc3)o2)cc1. The van der Waals surface area contributed by atoms with Crippen molar-refractivity contribution in [3.8, 4) is 22.6 Å². The van der Waals surface area contributed by atoms with Crippen molar-refractivity contribution in [3.05, 3.63) is 176 Å². The van der Waals surface area contributed by atoms with Crippen LogP contribution in [0.1, 0.15) is 0 Å². The van der Waals surface area contributed by atoms with Gasteiger partial charge in [-0.15, -0.1) is 0 Å². The smallest absolute Gasteiger partial charge is 0.143 e. The van der Waals surface area contributed by atoms with Gasteiger partial charge in [0, 0.05) is 72.6 Å². The summed E-state index contributed by atoms with van der Waals surface area (Å²) in [4.78, 5) is 2.26. The molecule has 3 heterocycles. The van der Waals surface area contributed by atoms with Crippen molar-refractivity contribution < 1.29 is 13.3 Å². The molecule has 11 rings (SSSR count). The highest BCUT2D eigenvalue weighted by Crippen LogP contribution is 2.43. The van der Waals surface area contributed by atoms with Gasteiger partial charge in [0.2, 0.25) is 0 Å². The van der Waals surface area contributed by atoms with Crippen LogP contribution in [0.25, 0.3) is 88.1 Å². The molecule has 0 N–H and O–H groups in total. The Labute approximate surface area is 298 Å². The van der Waals surface area contributed by atoms with Gasteiger partial charge in [-0.3, -0.25) is 0 Å². The van der Waals surface area contributed by atoms with Crippen LogP contribution in [0.3, 0.4) is 0 Å². The Morgan fingerprint density at radius 1 is 0.308 bits per heavy atom. The summed E-state index contributed by atoms with van der Waals surface area (Å²) in [5.74, 6) is 1.67. The molecule has 0 aliphatic rings. The minimum Gasteiger partial charge on any atom is -0.456 e. The van der Waals surface area contributed by atoms with Gasteiger partial charge >= 0.3 is 0 Å². The Morgan fingerprint density at radius 2 is 0.769 bits per heavy atom. The van der Waals surface area contributed by atoms with Crippen molar-refractivity contribution in [1.29, 1.82) is 0 Å². The molecule has 0 atom stereocenters. The van der Waals surface area contributed by atoms with E-state index in [4.69, 9.17) is 13.3 Å². The van der Waals surface area contributed by atoms with Gasteiger partial charge in [-0.25, -0.2) is 0 Å². The first kappa shape index (κ1) is 28.8. The molecule has 0 aliphatic carbocycles. The molecule has 0 aliphatic heterocycles. The lowest BCUT2D eigenvalue weighted by atomic mass is 10.0. The molecule has 0 bridgehead atoms.